The quantitative estimate of drug-likeness (QED) is 0.678. The van der Waals surface area contributed by atoms with Gasteiger partial charge in [0.05, 0.1) is 7.11 Å². The molecule has 27 heavy (non-hydrogen) atoms. The number of methoxy groups -OCH3 is 1. The van der Waals surface area contributed by atoms with Gasteiger partial charge in [0, 0.05) is 5.56 Å². The summed E-state index contributed by atoms with van der Waals surface area (Å²) < 4.78 is 23.5. The van der Waals surface area contributed by atoms with Crippen LogP contribution in [0.4, 0.5) is 4.39 Å². The fraction of sp³-hybridized carbons (Fsp3) is 0.143. The van der Waals surface area contributed by atoms with Crippen LogP contribution in [-0.2, 0) is 16.1 Å². The van der Waals surface area contributed by atoms with Crippen molar-refractivity contribution >= 4 is 22.6 Å². The molecule has 3 aromatic carbocycles. The number of ether oxygens (including phenoxy) is 2. The fourth-order valence-corrected chi connectivity index (χ4v) is 2.60. The molecule has 138 valence electrons. The molecule has 0 spiro atoms. The smallest absolute Gasteiger partial charge is 0.325 e. The molecule has 0 radical (unpaired) electrons. The average molecular weight is 367 g/mol. The van der Waals surface area contributed by atoms with E-state index in [0.29, 0.717) is 11.1 Å². The molecule has 3 aromatic rings. The first kappa shape index (κ1) is 18.4. The van der Waals surface area contributed by atoms with Crippen LogP contribution in [0.1, 0.15) is 15.9 Å². The highest BCUT2D eigenvalue weighted by atomic mass is 19.1. The van der Waals surface area contributed by atoms with Gasteiger partial charge in [-0.2, -0.15) is 0 Å². The zero-order valence-corrected chi connectivity index (χ0v) is 14.7. The molecule has 0 aromatic heterocycles. The van der Waals surface area contributed by atoms with Gasteiger partial charge in [-0.15, -0.1) is 0 Å². The number of esters is 1. The SMILES string of the molecule is COc1ccc(COC(=O)CNC(=O)c2ccc3ccccc3c2)cc1F. The van der Waals surface area contributed by atoms with Gasteiger partial charge in [-0.25, -0.2) is 4.39 Å². The number of halogens is 1. The van der Waals surface area contributed by atoms with Crippen LogP contribution in [0.5, 0.6) is 5.75 Å². The minimum absolute atomic E-state index is 0.0917. The second kappa shape index (κ2) is 8.31. The summed E-state index contributed by atoms with van der Waals surface area (Å²) in [4.78, 5) is 24.0. The largest absolute Gasteiger partial charge is 0.494 e. The van der Waals surface area contributed by atoms with Crippen molar-refractivity contribution < 1.29 is 23.5 Å². The van der Waals surface area contributed by atoms with Gasteiger partial charge in [0.1, 0.15) is 13.2 Å². The molecule has 1 N–H and O–H groups in total. The van der Waals surface area contributed by atoms with Gasteiger partial charge in [-0.3, -0.25) is 9.59 Å². The van der Waals surface area contributed by atoms with Crippen LogP contribution in [0.2, 0.25) is 0 Å². The summed E-state index contributed by atoms with van der Waals surface area (Å²) in [5.41, 5.74) is 0.946. The first-order valence-corrected chi connectivity index (χ1v) is 8.32. The van der Waals surface area contributed by atoms with E-state index < -0.39 is 11.8 Å². The van der Waals surface area contributed by atoms with E-state index in [1.165, 1.54) is 19.2 Å². The highest BCUT2D eigenvalue weighted by Crippen LogP contribution is 2.18. The lowest BCUT2D eigenvalue weighted by atomic mass is 10.1. The topological polar surface area (TPSA) is 64.6 Å². The molecule has 0 atom stereocenters. The van der Waals surface area contributed by atoms with E-state index in [2.05, 4.69) is 5.32 Å². The van der Waals surface area contributed by atoms with Crippen LogP contribution in [0.3, 0.4) is 0 Å². The highest BCUT2D eigenvalue weighted by Gasteiger charge is 2.10. The summed E-state index contributed by atoms with van der Waals surface area (Å²) in [5.74, 6) is -1.39. The zero-order chi connectivity index (χ0) is 19.2. The minimum Gasteiger partial charge on any atom is -0.494 e. The first-order chi connectivity index (χ1) is 13.1. The minimum atomic E-state index is -0.611. The summed E-state index contributed by atoms with van der Waals surface area (Å²) in [7, 11) is 1.37. The maximum Gasteiger partial charge on any atom is 0.325 e. The van der Waals surface area contributed by atoms with E-state index in [9.17, 15) is 14.0 Å². The third kappa shape index (κ3) is 4.61. The van der Waals surface area contributed by atoms with E-state index in [1.807, 2.05) is 30.3 Å². The van der Waals surface area contributed by atoms with Crippen molar-refractivity contribution in [3.8, 4) is 5.75 Å². The average Bonchev–Trinajstić information content (AvgIpc) is 2.70. The molecule has 1 amide bonds. The Kier molecular flexibility index (Phi) is 5.66. The number of hydrogen-bond acceptors (Lipinski definition) is 4. The van der Waals surface area contributed by atoms with E-state index >= 15 is 0 Å². The molecule has 5 nitrogen and oxygen atoms in total. The third-order valence-corrected chi connectivity index (χ3v) is 4.02. The summed E-state index contributed by atoms with van der Waals surface area (Å²) in [6.45, 7) is -0.365. The van der Waals surface area contributed by atoms with Crippen molar-refractivity contribution in [3.63, 3.8) is 0 Å². The van der Waals surface area contributed by atoms with Crippen molar-refractivity contribution in [1.29, 1.82) is 0 Å². The zero-order valence-electron chi connectivity index (χ0n) is 14.7. The predicted molar refractivity (Wildman–Crippen MR) is 99.0 cm³/mol. The van der Waals surface area contributed by atoms with Crippen LogP contribution in [0.15, 0.2) is 60.7 Å². The van der Waals surface area contributed by atoms with Gasteiger partial charge in [0.15, 0.2) is 11.6 Å². The van der Waals surface area contributed by atoms with E-state index in [-0.39, 0.29) is 24.8 Å². The Morgan fingerprint density at radius 2 is 1.78 bits per heavy atom. The Morgan fingerprint density at radius 1 is 1.00 bits per heavy atom. The highest BCUT2D eigenvalue weighted by molar-refractivity contribution is 5.99. The van der Waals surface area contributed by atoms with E-state index in [1.54, 1.807) is 18.2 Å². The lowest BCUT2D eigenvalue weighted by Crippen LogP contribution is -2.30. The molecular formula is C21H18FNO4. The number of benzene rings is 3. The predicted octanol–water partition coefficient (Wildman–Crippen LogP) is 3.46. The summed E-state index contributed by atoms with van der Waals surface area (Å²) >= 11 is 0. The Balaban J connectivity index is 1.52. The summed E-state index contributed by atoms with van der Waals surface area (Å²) in [5, 5.41) is 4.49. The number of hydrogen-bond donors (Lipinski definition) is 1. The molecule has 0 heterocycles. The van der Waals surface area contributed by atoms with E-state index in [4.69, 9.17) is 9.47 Å². The first-order valence-electron chi connectivity index (χ1n) is 8.32. The maximum atomic E-state index is 13.6. The standard InChI is InChI=1S/C21H18FNO4/c1-26-19-9-6-14(10-18(19)22)13-27-20(24)12-23-21(25)17-8-7-15-4-2-3-5-16(15)11-17/h2-11H,12-13H2,1H3,(H,23,25). The Bertz CT molecular complexity index is 987. The Labute approximate surface area is 155 Å². The van der Waals surface area contributed by atoms with Crippen LogP contribution in [0, 0.1) is 5.82 Å². The summed E-state index contributed by atoms with van der Waals surface area (Å²) in [6.07, 6.45) is 0. The lowest BCUT2D eigenvalue weighted by molar-refractivity contribution is -0.143. The van der Waals surface area contributed by atoms with Gasteiger partial charge in [-0.05, 0) is 40.6 Å². The molecule has 0 bridgehead atoms. The van der Waals surface area contributed by atoms with Crippen molar-refractivity contribution in [2.75, 3.05) is 13.7 Å². The molecular weight excluding hydrogens is 349 g/mol. The molecule has 0 unspecified atom stereocenters. The summed E-state index contributed by atoms with van der Waals surface area (Å²) in [6, 6.07) is 17.3. The second-order valence-electron chi connectivity index (χ2n) is 5.87. The number of carbonyl (C=O) groups is 2. The number of fused-ring (bicyclic) bond motifs is 1. The number of nitrogens with one attached hydrogen (secondary N) is 1. The van der Waals surface area contributed by atoms with Crippen LogP contribution in [0.25, 0.3) is 10.8 Å². The van der Waals surface area contributed by atoms with Gasteiger partial charge in [-0.1, -0.05) is 36.4 Å². The molecule has 3 rings (SSSR count). The molecule has 0 saturated heterocycles. The van der Waals surface area contributed by atoms with Crippen molar-refractivity contribution in [2.24, 2.45) is 0 Å². The van der Waals surface area contributed by atoms with Crippen LogP contribution >= 0.6 is 0 Å². The van der Waals surface area contributed by atoms with Crippen LogP contribution in [-0.4, -0.2) is 25.5 Å². The van der Waals surface area contributed by atoms with Gasteiger partial charge < -0.3 is 14.8 Å². The molecule has 0 aliphatic rings. The second-order valence-corrected chi connectivity index (χ2v) is 5.87. The molecule has 0 fully saturated rings. The van der Waals surface area contributed by atoms with Crippen molar-refractivity contribution in [2.45, 2.75) is 6.61 Å². The fourth-order valence-electron chi connectivity index (χ4n) is 2.60. The Hall–Kier alpha value is -3.41. The monoisotopic (exact) mass is 367 g/mol. The number of amides is 1. The normalized spacial score (nSPS) is 10.4. The molecule has 0 aliphatic heterocycles. The molecule has 6 heteroatoms. The van der Waals surface area contributed by atoms with Crippen molar-refractivity contribution in [3.05, 3.63) is 77.6 Å². The number of carbonyl (C=O) groups excluding carboxylic acids is 2. The number of rotatable bonds is 6. The molecule has 0 saturated carbocycles. The van der Waals surface area contributed by atoms with Crippen LogP contribution < -0.4 is 10.1 Å². The van der Waals surface area contributed by atoms with Gasteiger partial charge >= 0.3 is 5.97 Å². The lowest BCUT2D eigenvalue weighted by Gasteiger charge is -2.08. The molecule has 0 aliphatic carbocycles. The van der Waals surface area contributed by atoms with E-state index in [0.717, 1.165) is 10.8 Å². The Morgan fingerprint density at radius 3 is 2.52 bits per heavy atom. The van der Waals surface area contributed by atoms with Gasteiger partial charge in [0.25, 0.3) is 5.91 Å². The maximum absolute atomic E-state index is 13.6. The van der Waals surface area contributed by atoms with Crippen molar-refractivity contribution in [1.82, 2.24) is 5.32 Å². The third-order valence-electron chi connectivity index (χ3n) is 4.02. The van der Waals surface area contributed by atoms with Gasteiger partial charge in [0.2, 0.25) is 0 Å².